The molecular formula is C20H15ClF2N4OS. The van der Waals surface area contributed by atoms with E-state index in [1.807, 2.05) is 0 Å². The minimum Gasteiger partial charge on any atom is -0.279 e. The largest absolute Gasteiger partial charge is 0.300 e. The molecule has 0 spiro atoms. The fourth-order valence-corrected chi connectivity index (χ4v) is 3.55. The lowest BCUT2D eigenvalue weighted by Gasteiger charge is -2.11. The number of fused-ring (bicyclic) bond motifs is 1. The summed E-state index contributed by atoms with van der Waals surface area (Å²) in [6.07, 6.45) is 9.99. The monoisotopic (exact) mass is 432 g/mol. The van der Waals surface area contributed by atoms with E-state index in [1.165, 1.54) is 45.1 Å². The summed E-state index contributed by atoms with van der Waals surface area (Å²) in [7, 11) is 0. The summed E-state index contributed by atoms with van der Waals surface area (Å²) in [5.74, 6) is 1.36. The molecule has 0 saturated carbocycles. The maximum atomic E-state index is 13.3. The topological polar surface area (TPSA) is 52.2 Å². The maximum Gasteiger partial charge on any atom is 0.300 e. The van der Waals surface area contributed by atoms with Crippen LogP contribution in [0.15, 0.2) is 57.2 Å². The molecule has 0 aliphatic heterocycles. The third kappa shape index (κ3) is 4.42. The van der Waals surface area contributed by atoms with Crippen LogP contribution < -0.4 is 5.56 Å². The SMILES string of the molecule is C#C/C=C(\C(C)=C(/C)Cl)n1ccn2c(SCc3cc(F)cc(F)c3)nnc2c1=O. The number of thioether (sulfide) groups is 1. The molecule has 148 valence electrons. The van der Waals surface area contributed by atoms with Gasteiger partial charge in [0.05, 0.1) is 5.70 Å². The molecule has 0 aliphatic rings. The van der Waals surface area contributed by atoms with Crippen LogP contribution in [0.1, 0.15) is 19.4 Å². The summed E-state index contributed by atoms with van der Waals surface area (Å²) in [6.45, 7) is 3.46. The number of nitrogens with zero attached hydrogens (tertiary/aromatic N) is 4. The predicted octanol–water partition coefficient (Wildman–Crippen LogP) is 4.47. The van der Waals surface area contributed by atoms with E-state index in [-0.39, 0.29) is 11.4 Å². The molecule has 3 rings (SSSR count). The van der Waals surface area contributed by atoms with Crippen molar-refractivity contribution < 1.29 is 8.78 Å². The zero-order valence-corrected chi connectivity index (χ0v) is 17.1. The Morgan fingerprint density at radius 3 is 2.55 bits per heavy atom. The standard InChI is InChI=1S/C20H15ClF2N4OS/c1-4-5-17(12(2)13(3)21)26-6-7-27-18(19(26)28)24-25-20(27)29-11-14-8-15(22)10-16(23)9-14/h1,5-10H,11H2,2-3H3/b13-12+,17-5+. The summed E-state index contributed by atoms with van der Waals surface area (Å²) in [4.78, 5) is 12.9. The molecule has 9 heteroatoms. The molecular weight excluding hydrogens is 418 g/mol. The van der Waals surface area contributed by atoms with E-state index in [2.05, 4.69) is 16.1 Å². The molecule has 0 N–H and O–H groups in total. The third-order valence-electron chi connectivity index (χ3n) is 4.11. The van der Waals surface area contributed by atoms with Crippen molar-refractivity contribution in [3.05, 3.63) is 74.8 Å². The molecule has 0 fully saturated rings. The van der Waals surface area contributed by atoms with Crippen LogP contribution in [0.4, 0.5) is 8.78 Å². The highest BCUT2D eigenvalue weighted by Gasteiger charge is 2.15. The number of halogens is 3. The average molecular weight is 433 g/mol. The molecule has 2 heterocycles. The predicted molar refractivity (Wildman–Crippen MR) is 110 cm³/mol. The first kappa shape index (κ1) is 20.8. The van der Waals surface area contributed by atoms with E-state index in [1.54, 1.807) is 20.0 Å². The summed E-state index contributed by atoms with van der Waals surface area (Å²) < 4.78 is 29.6. The summed E-state index contributed by atoms with van der Waals surface area (Å²) in [6, 6.07) is 3.29. The van der Waals surface area contributed by atoms with Crippen molar-refractivity contribution in [3.8, 4) is 12.3 Å². The third-order valence-corrected chi connectivity index (χ3v) is 5.41. The average Bonchev–Trinajstić information content (AvgIpc) is 3.08. The first-order valence-corrected chi connectivity index (χ1v) is 9.72. The molecule has 0 saturated heterocycles. The van der Waals surface area contributed by atoms with Gasteiger partial charge in [0.1, 0.15) is 11.6 Å². The summed E-state index contributed by atoms with van der Waals surface area (Å²) in [5, 5.41) is 8.89. The molecule has 1 aromatic carbocycles. The van der Waals surface area contributed by atoms with Crippen LogP contribution in [0.3, 0.4) is 0 Å². The lowest BCUT2D eigenvalue weighted by molar-refractivity contribution is 0.581. The van der Waals surface area contributed by atoms with Crippen LogP contribution in [0.5, 0.6) is 0 Å². The molecule has 0 bridgehead atoms. The van der Waals surface area contributed by atoms with Crippen LogP contribution in [0.2, 0.25) is 0 Å². The number of terminal acetylenes is 1. The fourth-order valence-electron chi connectivity index (χ4n) is 2.61. The second kappa shape index (κ2) is 8.64. The number of rotatable bonds is 5. The van der Waals surface area contributed by atoms with Crippen LogP contribution in [0, 0.1) is 24.0 Å². The van der Waals surface area contributed by atoms with Crippen molar-refractivity contribution in [1.29, 1.82) is 0 Å². The highest BCUT2D eigenvalue weighted by atomic mass is 35.5. The number of hydrogen-bond donors (Lipinski definition) is 0. The van der Waals surface area contributed by atoms with E-state index in [0.717, 1.165) is 6.07 Å². The molecule has 0 unspecified atom stereocenters. The summed E-state index contributed by atoms with van der Waals surface area (Å²) in [5.41, 5.74) is 1.22. The van der Waals surface area contributed by atoms with E-state index in [9.17, 15) is 13.6 Å². The first-order chi connectivity index (χ1) is 13.8. The Labute approximate surface area is 174 Å². The minimum absolute atomic E-state index is 0.0865. The van der Waals surface area contributed by atoms with Crippen molar-refractivity contribution in [2.45, 2.75) is 24.8 Å². The maximum absolute atomic E-state index is 13.3. The van der Waals surface area contributed by atoms with Crippen molar-refractivity contribution in [2.24, 2.45) is 0 Å². The van der Waals surface area contributed by atoms with Gasteiger partial charge in [-0.25, -0.2) is 8.78 Å². The van der Waals surface area contributed by atoms with Gasteiger partial charge in [-0.1, -0.05) is 29.3 Å². The van der Waals surface area contributed by atoms with Gasteiger partial charge in [-0.2, -0.15) is 0 Å². The Balaban J connectivity index is 1.98. The van der Waals surface area contributed by atoms with E-state index >= 15 is 0 Å². The van der Waals surface area contributed by atoms with Gasteiger partial charge in [0.15, 0.2) is 5.16 Å². The molecule has 5 nitrogen and oxygen atoms in total. The molecule has 0 amide bonds. The van der Waals surface area contributed by atoms with Crippen LogP contribution >= 0.6 is 23.4 Å². The molecule has 2 aromatic heterocycles. The van der Waals surface area contributed by atoms with Crippen LogP contribution in [-0.2, 0) is 5.75 Å². The van der Waals surface area contributed by atoms with Crippen molar-refractivity contribution in [1.82, 2.24) is 19.2 Å². The Bertz CT molecular complexity index is 1230. The smallest absolute Gasteiger partial charge is 0.279 e. The fraction of sp³-hybridized carbons (Fsp3) is 0.150. The van der Waals surface area contributed by atoms with Gasteiger partial charge in [0, 0.05) is 35.3 Å². The zero-order chi connectivity index (χ0) is 21.1. The van der Waals surface area contributed by atoms with Crippen molar-refractivity contribution in [3.63, 3.8) is 0 Å². The normalized spacial score (nSPS) is 12.8. The van der Waals surface area contributed by atoms with Gasteiger partial charge >= 0.3 is 5.56 Å². The Morgan fingerprint density at radius 1 is 1.24 bits per heavy atom. The number of allylic oxidation sites excluding steroid dienone is 4. The van der Waals surface area contributed by atoms with Gasteiger partial charge in [-0.3, -0.25) is 13.8 Å². The second-order valence-electron chi connectivity index (χ2n) is 6.07. The van der Waals surface area contributed by atoms with Gasteiger partial charge in [0.2, 0.25) is 5.65 Å². The lowest BCUT2D eigenvalue weighted by atomic mass is 10.2. The van der Waals surface area contributed by atoms with Gasteiger partial charge in [0.25, 0.3) is 0 Å². The van der Waals surface area contributed by atoms with E-state index in [0.29, 0.717) is 27.0 Å². The Morgan fingerprint density at radius 2 is 1.93 bits per heavy atom. The molecule has 3 aromatic rings. The Hall–Kier alpha value is -2.89. The molecule has 0 aliphatic carbocycles. The van der Waals surface area contributed by atoms with E-state index in [4.69, 9.17) is 18.0 Å². The first-order valence-electron chi connectivity index (χ1n) is 8.36. The lowest BCUT2D eigenvalue weighted by Crippen LogP contribution is -2.22. The van der Waals surface area contributed by atoms with Gasteiger partial charge in [-0.05, 0) is 37.1 Å². The quantitative estimate of drug-likeness (QED) is 0.339. The van der Waals surface area contributed by atoms with Crippen LogP contribution in [0.25, 0.3) is 11.3 Å². The van der Waals surface area contributed by atoms with E-state index < -0.39 is 17.2 Å². The highest BCUT2D eigenvalue weighted by molar-refractivity contribution is 7.98. The number of hydrogen-bond acceptors (Lipinski definition) is 4. The summed E-state index contributed by atoms with van der Waals surface area (Å²) >= 11 is 7.27. The highest BCUT2D eigenvalue weighted by Crippen LogP contribution is 2.23. The van der Waals surface area contributed by atoms with Crippen molar-refractivity contribution in [2.75, 3.05) is 0 Å². The molecule has 0 atom stereocenters. The minimum atomic E-state index is -0.652. The zero-order valence-electron chi connectivity index (χ0n) is 15.5. The number of aromatic nitrogens is 4. The van der Waals surface area contributed by atoms with Gasteiger partial charge < -0.3 is 0 Å². The van der Waals surface area contributed by atoms with Crippen LogP contribution in [-0.4, -0.2) is 19.2 Å². The van der Waals surface area contributed by atoms with Crippen molar-refractivity contribution >= 4 is 34.7 Å². The molecule has 0 radical (unpaired) electrons. The Kier molecular flexibility index (Phi) is 6.20. The molecule has 29 heavy (non-hydrogen) atoms. The number of benzene rings is 1. The second-order valence-corrected chi connectivity index (χ2v) is 7.58. The van der Waals surface area contributed by atoms with Gasteiger partial charge in [-0.15, -0.1) is 16.6 Å².